The van der Waals surface area contributed by atoms with E-state index in [1.807, 2.05) is 18.1 Å². The third-order valence-corrected chi connectivity index (χ3v) is 4.37. The Balaban J connectivity index is 1.46. The summed E-state index contributed by atoms with van der Waals surface area (Å²) >= 11 is 0. The molecule has 21 heavy (non-hydrogen) atoms. The van der Waals surface area contributed by atoms with Crippen LogP contribution in [-0.4, -0.2) is 71.7 Å². The zero-order valence-electron chi connectivity index (χ0n) is 12.7. The van der Waals surface area contributed by atoms with E-state index in [9.17, 15) is 4.79 Å². The van der Waals surface area contributed by atoms with Gasteiger partial charge in [-0.05, 0) is 19.4 Å². The lowest BCUT2D eigenvalue weighted by molar-refractivity contribution is -0.136. The van der Waals surface area contributed by atoms with Crippen molar-refractivity contribution in [1.29, 1.82) is 0 Å². The lowest BCUT2D eigenvalue weighted by Gasteiger charge is -2.31. The van der Waals surface area contributed by atoms with Crippen LogP contribution in [0.3, 0.4) is 0 Å². The number of morpholine rings is 1. The number of nitrogens with zero attached hydrogens (tertiary/aromatic N) is 4. The van der Waals surface area contributed by atoms with Gasteiger partial charge in [-0.2, -0.15) is 0 Å². The van der Waals surface area contributed by atoms with Crippen LogP contribution >= 0.6 is 0 Å². The van der Waals surface area contributed by atoms with Gasteiger partial charge >= 0.3 is 0 Å². The van der Waals surface area contributed by atoms with Gasteiger partial charge in [-0.25, -0.2) is 4.98 Å². The zero-order chi connectivity index (χ0) is 14.7. The van der Waals surface area contributed by atoms with Crippen LogP contribution < -0.4 is 0 Å². The number of aromatic nitrogens is 2. The van der Waals surface area contributed by atoms with E-state index in [1.165, 1.54) is 5.82 Å². The number of hydrogen-bond donors (Lipinski definition) is 0. The maximum absolute atomic E-state index is 12.2. The second kappa shape index (κ2) is 6.58. The second-order valence-corrected chi connectivity index (χ2v) is 6.09. The van der Waals surface area contributed by atoms with E-state index in [4.69, 9.17) is 4.74 Å². The van der Waals surface area contributed by atoms with E-state index in [1.54, 1.807) is 0 Å². The molecule has 6 nitrogen and oxygen atoms in total. The Kier molecular flexibility index (Phi) is 4.55. The van der Waals surface area contributed by atoms with Gasteiger partial charge in [0.2, 0.25) is 5.91 Å². The molecular weight excluding hydrogens is 268 g/mol. The lowest BCUT2D eigenvalue weighted by atomic mass is 9.99. The standard InChI is InChI=1S/C15H24N4O2/c1-17(12-15(20)18-6-8-21-9-7-18)10-13-2-3-14-16-4-5-19(14)11-13/h4-5,13H,2-3,6-12H2,1H3/t13-/m1/s1. The van der Waals surface area contributed by atoms with Crippen molar-refractivity contribution in [2.45, 2.75) is 19.4 Å². The molecule has 0 radical (unpaired) electrons. The van der Waals surface area contributed by atoms with Crippen LogP contribution in [0.5, 0.6) is 0 Å². The first-order chi connectivity index (χ1) is 10.2. The smallest absolute Gasteiger partial charge is 0.236 e. The Morgan fingerprint density at radius 1 is 1.48 bits per heavy atom. The topological polar surface area (TPSA) is 50.6 Å². The van der Waals surface area contributed by atoms with Crippen LogP contribution in [0.1, 0.15) is 12.2 Å². The van der Waals surface area contributed by atoms with E-state index in [-0.39, 0.29) is 5.91 Å². The van der Waals surface area contributed by atoms with Crippen molar-refractivity contribution in [3.63, 3.8) is 0 Å². The van der Waals surface area contributed by atoms with Crippen LogP contribution in [0.25, 0.3) is 0 Å². The summed E-state index contributed by atoms with van der Waals surface area (Å²) in [5.41, 5.74) is 0. The number of fused-ring (bicyclic) bond motifs is 1. The maximum Gasteiger partial charge on any atom is 0.236 e. The second-order valence-electron chi connectivity index (χ2n) is 6.09. The molecule has 2 aliphatic rings. The minimum absolute atomic E-state index is 0.222. The molecule has 0 bridgehead atoms. The maximum atomic E-state index is 12.2. The Labute approximate surface area is 125 Å². The highest BCUT2D eigenvalue weighted by Gasteiger charge is 2.22. The van der Waals surface area contributed by atoms with Crippen molar-refractivity contribution in [3.05, 3.63) is 18.2 Å². The Bertz CT molecular complexity index is 482. The molecule has 1 aromatic heterocycles. The average Bonchev–Trinajstić information content (AvgIpc) is 2.95. The summed E-state index contributed by atoms with van der Waals surface area (Å²) in [5, 5.41) is 0. The molecule has 1 fully saturated rings. The fourth-order valence-electron chi connectivity index (χ4n) is 3.24. The molecule has 1 aromatic rings. The fraction of sp³-hybridized carbons (Fsp3) is 0.733. The van der Waals surface area contributed by atoms with Gasteiger partial charge in [0.1, 0.15) is 5.82 Å². The molecule has 0 N–H and O–H groups in total. The van der Waals surface area contributed by atoms with E-state index < -0.39 is 0 Å². The van der Waals surface area contributed by atoms with Gasteiger partial charge in [0.15, 0.2) is 0 Å². The van der Waals surface area contributed by atoms with Gasteiger partial charge in [-0.15, -0.1) is 0 Å². The number of likely N-dealkylation sites (N-methyl/N-ethyl adjacent to an activating group) is 1. The largest absolute Gasteiger partial charge is 0.378 e. The highest BCUT2D eigenvalue weighted by Crippen LogP contribution is 2.19. The number of rotatable bonds is 4. The molecule has 1 atom stereocenters. The third-order valence-electron chi connectivity index (χ3n) is 4.37. The summed E-state index contributed by atoms with van der Waals surface area (Å²) in [6.45, 7) is 5.29. The van der Waals surface area contributed by atoms with Crippen LogP contribution in [0, 0.1) is 5.92 Å². The minimum Gasteiger partial charge on any atom is -0.378 e. The van der Waals surface area contributed by atoms with Crippen molar-refractivity contribution < 1.29 is 9.53 Å². The molecule has 0 unspecified atom stereocenters. The minimum atomic E-state index is 0.222. The molecule has 0 saturated carbocycles. The quantitative estimate of drug-likeness (QED) is 0.797. The van der Waals surface area contributed by atoms with E-state index >= 15 is 0 Å². The monoisotopic (exact) mass is 292 g/mol. The molecule has 0 aliphatic carbocycles. The van der Waals surface area contributed by atoms with Crippen LogP contribution in [0.2, 0.25) is 0 Å². The lowest BCUT2D eigenvalue weighted by Crippen LogP contribution is -2.46. The number of carbonyl (C=O) groups is 1. The van der Waals surface area contributed by atoms with Crippen molar-refractivity contribution in [2.24, 2.45) is 5.92 Å². The molecule has 3 rings (SSSR count). The molecule has 2 aliphatic heterocycles. The van der Waals surface area contributed by atoms with Gasteiger partial charge in [0, 0.05) is 45.0 Å². The number of hydrogen-bond acceptors (Lipinski definition) is 4. The van der Waals surface area contributed by atoms with Crippen LogP contribution in [0.4, 0.5) is 0 Å². The average molecular weight is 292 g/mol. The number of carbonyl (C=O) groups excluding carboxylic acids is 1. The Morgan fingerprint density at radius 2 is 2.29 bits per heavy atom. The number of ether oxygens (including phenoxy) is 1. The SMILES string of the molecule is CN(CC(=O)N1CCOCC1)C[C@H]1CCc2nccn2C1. The Hall–Kier alpha value is -1.40. The molecule has 116 valence electrons. The van der Waals surface area contributed by atoms with Gasteiger partial charge in [0.25, 0.3) is 0 Å². The molecule has 1 amide bonds. The summed E-state index contributed by atoms with van der Waals surface area (Å²) in [6.07, 6.45) is 6.14. The summed E-state index contributed by atoms with van der Waals surface area (Å²) < 4.78 is 7.53. The van der Waals surface area contributed by atoms with Gasteiger partial charge < -0.3 is 14.2 Å². The van der Waals surface area contributed by atoms with Crippen molar-refractivity contribution in [2.75, 3.05) is 46.4 Å². The summed E-state index contributed by atoms with van der Waals surface area (Å²) in [6, 6.07) is 0. The van der Waals surface area contributed by atoms with Crippen LogP contribution in [-0.2, 0) is 22.5 Å². The first-order valence-electron chi connectivity index (χ1n) is 7.76. The molecule has 0 aromatic carbocycles. The fourth-order valence-corrected chi connectivity index (χ4v) is 3.24. The number of aryl methyl sites for hydroxylation is 1. The van der Waals surface area contributed by atoms with E-state index in [0.717, 1.165) is 39.0 Å². The summed E-state index contributed by atoms with van der Waals surface area (Å²) in [4.78, 5) is 20.6. The molecule has 1 saturated heterocycles. The number of amides is 1. The first-order valence-corrected chi connectivity index (χ1v) is 7.76. The predicted octanol–water partition coefficient (Wildman–Crippen LogP) is 0.236. The molecule has 6 heteroatoms. The molecule has 0 spiro atoms. The van der Waals surface area contributed by atoms with Crippen molar-refractivity contribution >= 4 is 5.91 Å². The highest BCUT2D eigenvalue weighted by atomic mass is 16.5. The van der Waals surface area contributed by atoms with Gasteiger partial charge in [-0.1, -0.05) is 0 Å². The normalized spacial score (nSPS) is 22.4. The van der Waals surface area contributed by atoms with Gasteiger partial charge in [0.05, 0.1) is 19.8 Å². The summed E-state index contributed by atoms with van der Waals surface area (Å²) in [5.74, 6) is 2.02. The third kappa shape index (κ3) is 3.63. The molecular formula is C15H24N4O2. The van der Waals surface area contributed by atoms with E-state index in [2.05, 4.69) is 20.6 Å². The van der Waals surface area contributed by atoms with Crippen molar-refractivity contribution in [3.8, 4) is 0 Å². The first kappa shape index (κ1) is 14.5. The molecule has 3 heterocycles. The Morgan fingerprint density at radius 3 is 3.10 bits per heavy atom. The van der Waals surface area contributed by atoms with Crippen LogP contribution in [0.15, 0.2) is 12.4 Å². The zero-order valence-corrected chi connectivity index (χ0v) is 12.7. The highest BCUT2D eigenvalue weighted by molar-refractivity contribution is 5.78. The predicted molar refractivity (Wildman–Crippen MR) is 78.9 cm³/mol. The van der Waals surface area contributed by atoms with E-state index in [0.29, 0.717) is 25.7 Å². The summed E-state index contributed by atoms with van der Waals surface area (Å²) in [7, 11) is 2.04. The number of imidazole rings is 1. The van der Waals surface area contributed by atoms with Gasteiger partial charge in [-0.3, -0.25) is 9.69 Å². The van der Waals surface area contributed by atoms with Crippen molar-refractivity contribution in [1.82, 2.24) is 19.4 Å².